The Kier molecular flexibility index (Phi) is 4.44. The quantitative estimate of drug-likeness (QED) is 0.873. The van der Waals surface area contributed by atoms with Gasteiger partial charge in [0.05, 0.1) is 24.3 Å². The van der Waals surface area contributed by atoms with Crippen molar-refractivity contribution < 1.29 is 23.1 Å². The van der Waals surface area contributed by atoms with Gasteiger partial charge in [-0.25, -0.2) is 18.4 Å². The number of hydrogen-bond acceptors (Lipinski definition) is 3. The monoisotopic (exact) mass is 310 g/mol. The van der Waals surface area contributed by atoms with Crippen molar-refractivity contribution in [3.05, 3.63) is 46.7 Å². The molecule has 118 valence electrons. The van der Waals surface area contributed by atoms with Gasteiger partial charge >= 0.3 is 12.0 Å². The van der Waals surface area contributed by atoms with Crippen molar-refractivity contribution in [2.75, 3.05) is 13.7 Å². The first-order valence-electron chi connectivity index (χ1n) is 6.73. The van der Waals surface area contributed by atoms with Crippen LogP contribution in [0.25, 0.3) is 0 Å². The Morgan fingerprint density at radius 3 is 2.45 bits per heavy atom. The van der Waals surface area contributed by atoms with Crippen LogP contribution < -0.4 is 5.32 Å². The van der Waals surface area contributed by atoms with Gasteiger partial charge in [0.1, 0.15) is 11.6 Å². The lowest BCUT2D eigenvalue weighted by molar-refractivity contribution is -0.136. The summed E-state index contributed by atoms with van der Waals surface area (Å²) in [6, 6.07) is 1.59. The maximum Gasteiger partial charge on any atom is 0.337 e. The minimum absolute atomic E-state index is 0.00736. The van der Waals surface area contributed by atoms with Crippen LogP contribution in [0.3, 0.4) is 0 Å². The normalized spacial score (nSPS) is 18.3. The van der Waals surface area contributed by atoms with Crippen molar-refractivity contribution >= 4 is 12.0 Å². The van der Waals surface area contributed by atoms with Crippen molar-refractivity contribution in [3.63, 3.8) is 0 Å². The molecule has 1 aliphatic heterocycles. The maximum absolute atomic E-state index is 14.0. The lowest BCUT2D eigenvalue weighted by Gasteiger charge is -2.34. The molecule has 0 saturated carbocycles. The predicted octanol–water partition coefficient (Wildman–Crippen LogP) is 2.50. The summed E-state index contributed by atoms with van der Waals surface area (Å²) in [6.07, 6.45) is 0. The second-order valence-electron chi connectivity index (χ2n) is 4.75. The number of carbonyl (C=O) groups is 2. The molecule has 0 aliphatic carbocycles. The number of rotatable bonds is 3. The van der Waals surface area contributed by atoms with E-state index in [2.05, 4.69) is 5.32 Å². The van der Waals surface area contributed by atoms with Crippen molar-refractivity contribution in [1.82, 2.24) is 10.2 Å². The van der Waals surface area contributed by atoms with Crippen LogP contribution in [0.2, 0.25) is 0 Å². The van der Waals surface area contributed by atoms with Gasteiger partial charge in [-0.1, -0.05) is 6.07 Å². The highest BCUT2D eigenvalue weighted by Crippen LogP contribution is 2.33. The van der Waals surface area contributed by atoms with Crippen LogP contribution in [0.4, 0.5) is 13.6 Å². The number of allylic oxidation sites excluding steroid dienone is 1. The molecule has 0 saturated heterocycles. The van der Waals surface area contributed by atoms with Crippen molar-refractivity contribution in [2.45, 2.75) is 19.9 Å². The summed E-state index contributed by atoms with van der Waals surface area (Å²) in [7, 11) is 1.17. The molecule has 1 aliphatic rings. The molecule has 0 bridgehead atoms. The van der Waals surface area contributed by atoms with Gasteiger partial charge < -0.3 is 10.1 Å². The van der Waals surface area contributed by atoms with E-state index in [0.29, 0.717) is 12.2 Å². The fourth-order valence-electron chi connectivity index (χ4n) is 2.54. The van der Waals surface area contributed by atoms with E-state index < -0.39 is 29.7 Å². The van der Waals surface area contributed by atoms with Gasteiger partial charge in [0.15, 0.2) is 0 Å². The van der Waals surface area contributed by atoms with E-state index in [1.807, 2.05) is 0 Å². The van der Waals surface area contributed by atoms with E-state index in [4.69, 9.17) is 4.74 Å². The number of methoxy groups -OCH3 is 1. The van der Waals surface area contributed by atoms with E-state index in [9.17, 15) is 18.4 Å². The fourth-order valence-corrected chi connectivity index (χ4v) is 2.54. The largest absolute Gasteiger partial charge is 0.466 e. The first-order valence-corrected chi connectivity index (χ1v) is 6.73. The van der Waals surface area contributed by atoms with E-state index in [-0.39, 0.29) is 11.1 Å². The van der Waals surface area contributed by atoms with Gasteiger partial charge in [0, 0.05) is 12.2 Å². The molecule has 1 atom stereocenters. The summed E-state index contributed by atoms with van der Waals surface area (Å²) in [5.41, 5.74) is -0.0648. The van der Waals surface area contributed by atoms with E-state index in [0.717, 1.165) is 12.1 Å². The fraction of sp³-hybridized carbons (Fsp3) is 0.333. The number of nitrogens with one attached hydrogen (secondary N) is 1. The van der Waals surface area contributed by atoms with Crippen LogP contribution in [0.15, 0.2) is 29.5 Å². The molecule has 0 radical (unpaired) electrons. The first-order chi connectivity index (χ1) is 10.4. The Morgan fingerprint density at radius 2 is 1.95 bits per heavy atom. The number of carbonyl (C=O) groups excluding carboxylic acids is 2. The van der Waals surface area contributed by atoms with Gasteiger partial charge in [-0.2, -0.15) is 0 Å². The summed E-state index contributed by atoms with van der Waals surface area (Å²) in [4.78, 5) is 25.4. The maximum atomic E-state index is 14.0. The second-order valence-corrected chi connectivity index (χ2v) is 4.75. The van der Waals surface area contributed by atoms with Gasteiger partial charge in [-0.15, -0.1) is 0 Å². The Balaban J connectivity index is 2.66. The molecule has 1 aromatic carbocycles. The number of urea groups is 1. The lowest BCUT2D eigenvalue weighted by atomic mass is 9.94. The third-order valence-electron chi connectivity index (χ3n) is 3.61. The van der Waals surface area contributed by atoms with Gasteiger partial charge in [0.2, 0.25) is 0 Å². The van der Waals surface area contributed by atoms with Gasteiger partial charge in [-0.05, 0) is 26.0 Å². The molecule has 2 rings (SSSR count). The van der Waals surface area contributed by atoms with Crippen molar-refractivity contribution in [2.24, 2.45) is 0 Å². The third kappa shape index (κ3) is 2.54. The number of ether oxygens (including phenoxy) is 1. The highest BCUT2D eigenvalue weighted by molar-refractivity contribution is 5.95. The molecule has 7 heteroatoms. The molecule has 0 aromatic heterocycles. The Morgan fingerprint density at radius 1 is 1.36 bits per heavy atom. The van der Waals surface area contributed by atoms with E-state index >= 15 is 0 Å². The van der Waals surface area contributed by atoms with Gasteiger partial charge in [-0.3, -0.25) is 4.90 Å². The van der Waals surface area contributed by atoms with Crippen LogP contribution in [-0.4, -0.2) is 30.6 Å². The molecular formula is C15H16F2N2O3. The summed E-state index contributed by atoms with van der Waals surface area (Å²) in [6.45, 7) is 3.58. The number of nitrogens with zero attached hydrogens (tertiary/aromatic N) is 1. The number of esters is 1. The van der Waals surface area contributed by atoms with Crippen LogP contribution in [0.5, 0.6) is 0 Å². The van der Waals surface area contributed by atoms with Crippen LogP contribution in [-0.2, 0) is 9.53 Å². The molecule has 2 amide bonds. The SMILES string of the molecule is CCN1C(=O)N[C@H](c2c(F)cccc2F)C(C(=O)OC)=C1C. The predicted molar refractivity (Wildman–Crippen MR) is 74.7 cm³/mol. The van der Waals surface area contributed by atoms with Crippen LogP contribution in [0, 0.1) is 11.6 Å². The molecular weight excluding hydrogens is 294 g/mol. The van der Waals surface area contributed by atoms with E-state index in [1.165, 1.54) is 18.1 Å². The number of hydrogen-bond donors (Lipinski definition) is 1. The average molecular weight is 310 g/mol. The molecule has 1 aromatic rings. The average Bonchev–Trinajstić information content (AvgIpc) is 2.46. The third-order valence-corrected chi connectivity index (χ3v) is 3.61. The smallest absolute Gasteiger partial charge is 0.337 e. The van der Waals surface area contributed by atoms with Gasteiger partial charge in [0.25, 0.3) is 0 Å². The topological polar surface area (TPSA) is 58.6 Å². The standard InChI is InChI=1S/C15H16F2N2O3/c1-4-19-8(2)11(14(20)22-3)13(18-15(19)21)12-9(16)6-5-7-10(12)17/h5-7,13H,4H2,1-3H3,(H,18,21)/t13-/m0/s1. The summed E-state index contributed by atoms with van der Waals surface area (Å²) < 4.78 is 32.8. The highest BCUT2D eigenvalue weighted by Gasteiger charge is 2.38. The molecule has 5 nitrogen and oxygen atoms in total. The first kappa shape index (κ1) is 15.9. The Bertz CT molecular complexity index is 638. The van der Waals surface area contributed by atoms with Crippen molar-refractivity contribution in [1.29, 1.82) is 0 Å². The number of amides is 2. The summed E-state index contributed by atoms with van der Waals surface area (Å²) >= 11 is 0. The molecule has 1 N–H and O–H groups in total. The Hall–Kier alpha value is -2.44. The second kappa shape index (κ2) is 6.13. The number of halogens is 2. The highest BCUT2D eigenvalue weighted by atomic mass is 19.1. The lowest BCUT2D eigenvalue weighted by Crippen LogP contribution is -2.48. The molecule has 22 heavy (non-hydrogen) atoms. The van der Waals surface area contributed by atoms with E-state index in [1.54, 1.807) is 13.8 Å². The summed E-state index contributed by atoms with van der Waals surface area (Å²) in [5, 5.41) is 2.46. The zero-order valence-electron chi connectivity index (χ0n) is 12.4. The number of benzene rings is 1. The molecule has 0 fully saturated rings. The van der Waals surface area contributed by atoms with Crippen LogP contribution >= 0.6 is 0 Å². The zero-order valence-corrected chi connectivity index (χ0v) is 12.4. The molecule has 1 heterocycles. The molecule has 0 spiro atoms. The minimum Gasteiger partial charge on any atom is -0.466 e. The van der Waals surface area contributed by atoms with Crippen LogP contribution in [0.1, 0.15) is 25.5 Å². The zero-order chi connectivity index (χ0) is 16.4. The minimum atomic E-state index is -1.23. The van der Waals surface area contributed by atoms with Crippen molar-refractivity contribution in [3.8, 4) is 0 Å². The summed E-state index contributed by atoms with van der Waals surface area (Å²) in [5.74, 6) is -2.43. The Labute approximate surface area is 126 Å². The molecule has 0 unspecified atom stereocenters.